The molecule has 0 heterocycles. The van der Waals surface area contributed by atoms with Gasteiger partial charge in [0.15, 0.2) is 0 Å². The van der Waals surface area contributed by atoms with E-state index in [9.17, 15) is 14.9 Å². The van der Waals surface area contributed by atoms with Crippen molar-refractivity contribution >= 4 is 40.6 Å². The lowest BCUT2D eigenvalue weighted by Crippen LogP contribution is -2.15. The van der Waals surface area contributed by atoms with Gasteiger partial charge in [-0.2, -0.15) is 0 Å². The minimum Gasteiger partial charge on any atom is -0.320 e. The second-order valence-electron chi connectivity index (χ2n) is 5.02. The molecule has 2 rings (SSSR count). The predicted octanol–water partition coefficient (Wildman–Crippen LogP) is 4.60. The number of nitrogens with zero attached hydrogens (tertiary/aromatic N) is 1. The van der Waals surface area contributed by atoms with Crippen LogP contribution in [0.2, 0.25) is 5.02 Å². The molecule has 1 amide bonds. The van der Waals surface area contributed by atoms with E-state index in [1.165, 1.54) is 30.0 Å². The second kappa shape index (κ2) is 7.48. The first-order valence-electron chi connectivity index (χ1n) is 6.80. The van der Waals surface area contributed by atoms with E-state index in [0.29, 0.717) is 5.02 Å². The summed E-state index contributed by atoms with van der Waals surface area (Å²) in [5.41, 5.74) is 2.18. The number of carbonyl (C=O) groups excluding carboxylic acids is 1. The van der Waals surface area contributed by atoms with E-state index < -0.39 is 4.92 Å². The third kappa shape index (κ3) is 4.71. The number of thioether (sulfide) groups is 1. The summed E-state index contributed by atoms with van der Waals surface area (Å²) in [6, 6.07) is 10.1. The molecular weight excluding hydrogens is 336 g/mol. The Labute approximate surface area is 143 Å². The summed E-state index contributed by atoms with van der Waals surface area (Å²) in [7, 11) is 0. The van der Waals surface area contributed by atoms with Crippen molar-refractivity contribution in [1.82, 2.24) is 0 Å². The van der Waals surface area contributed by atoms with Gasteiger partial charge in [0.1, 0.15) is 5.69 Å². The van der Waals surface area contributed by atoms with Gasteiger partial charge in [-0.3, -0.25) is 14.9 Å². The maximum atomic E-state index is 12.1. The lowest BCUT2D eigenvalue weighted by atomic mass is 10.2. The molecule has 5 nitrogen and oxygen atoms in total. The van der Waals surface area contributed by atoms with Crippen LogP contribution in [-0.4, -0.2) is 16.6 Å². The van der Waals surface area contributed by atoms with Crippen LogP contribution < -0.4 is 5.32 Å². The highest BCUT2D eigenvalue weighted by molar-refractivity contribution is 8.00. The Hall–Kier alpha value is -2.05. The van der Waals surface area contributed by atoms with Gasteiger partial charge in [0, 0.05) is 16.0 Å². The maximum Gasteiger partial charge on any atom is 0.292 e. The summed E-state index contributed by atoms with van der Waals surface area (Å²) >= 11 is 7.22. The number of hydrogen-bond donors (Lipinski definition) is 1. The molecule has 0 aromatic heterocycles. The zero-order chi connectivity index (χ0) is 17.0. The van der Waals surface area contributed by atoms with E-state index in [4.69, 9.17) is 11.6 Å². The molecular formula is C16H15ClN2O3S. The second-order valence-corrected chi connectivity index (χ2v) is 6.48. The van der Waals surface area contributed by atoms with Crippen LogP contribution in [-0.2, 0) is 4.79 Å². The third-order valence-corrected chi connectivity index (χ3v) is 4.53. The predicted molar refractivity (Wildman–Crippen MR) is 93.4 cm³/mol. The smallest absolute Gasteiger partial charge is 0.292 e. The molecule has 2 aromatic carbocycles. The average Bonchev–Trinajstić information content (AvgIpc) is 2.46. The molecule has 0 unspecified atom stereocenters. The SMILES string of the molecule is Cc1ccc(SCC(=O)Nc2cc(Cl)ccc2[N+](=O)[O-])c(C)c1. The van der Waals surface area contributed by atoms with Gasteiger partial charge in [-0.15, -0.1) is 11.8 Å². The Kier molecular flexibility index (Phi) is 5.63. The molecule has 120 valence electrons. The monoisotopic (exact) mass is 350 g/mol. The van der Waals surface area contributed by atoms with E-state index in [2.05, 4.69) is 5.32 Å². The highest BCUT2D eigenvalue weighted by Crippen LogP contribution is 2.28. The number of carbonyl (C=O) groups is 1. The van der Waals surface area contributed by atoms with Crippen LogP contribution in [0.5, 0.6) is 0 Å². The van der Waals surface area contributed by atoms with Crippen LogP contribution in [0.15, 0.2) is 41.3 Å². The Morgan fingerprint density at radius 3 is 2.65 bits per heavy atom. The molecule has 0 fully saturated rings. The third-order valence-electron chi connectivity index (χ3n) is 3.12. The summed E-state index contributed by atoms with van der Waals surface area (Å²) in [5, 5.41) is 13.9. The number of aryl methyl sites for hydroxylation is 2. The number of hydrogen-bond acceptors (Lipinski definition) is 4. The summed E-state index contributed by atoms with van der Waals surface area (Å²) in [4.78, 5) is 23.5. The number of nitro groups is 1. The molecule has 0 aliphatic rings. The normalized spacial score (nSPS) is 10.4. The molecule has 0 radical (unpaired) electrons. The fourth-order valence-corrected chi connectivity index (χ4v) is 3.04. The molecule has 0 spiro atoms. The molecule has 23 heavy (non-hydrogen) atoms. The first-order chi connectivity index (χ1) is 10.9. The standard InChI is InChI=1S/C16H15ClN2O3S/c1-10-3-6-15(11(2)7-10)23-9-16(20)18-13-8-12(17)4-5-14(13)19(21)22/h3-8H,9H2,1-2H3,(H,18,20). The Morgan fingerprint density at radius 1 is 1.26 bits per heavy atom. The van der Waals surface area contributed by atoms with Gasteiger partial charge in [-0.05, 0) is 37.6 Å². The quantitative estimate of drug-likeness (QED) is 0.486. The number of halogens is 1. The fraction of sp³-hybridized carbons (Fsp3) is 0.188. The van der Waals surface area contributed by atoms with Gasteiger partial charge >= 0.3 is 0 Å². The van der Waals surface area contributed by atoms with E-state index in [1.54, 1.807) is 0 Å². The van der Waals surface area contributed by atoms with Crippen molar-refractivity contribution in [1.29, 1.82) is 0 Å². The van der Waals surface area contributed by atoms with Gasteiger partial charge in [0.2, 0.25) is 5.91 Å². The Bertz CT molecular complexity index is 765. The van der Waals surface area contributed by atoms with Crippen LogP contribution >= 0.6 is 23.4 Å². The van der Waals surface area contributed by atoms with Gasteiger partial charge in [-0.25, -0.2) is 0 Å². The summed E-state index contributed by atoms with van der Waals surface area (Å²) in [6.45, 7) is 3.99. The van der Waals surface area contributed by atoms with Crippen molar-refractivity contribution in [3.63, 3.8) is 0 Å². The highest BCUT2D eigenvalue weighted by Gasteiger charge is 2.16. The number of nitro benzene ring substituents is 1. The van der Waals surface area contributed by atoms with Crippen molar-refractivity contribution in [3.05, 3.63) is 62.7 Å². The number of benzene rings is 2. The summed E-state index contributed by atoms with van der Waals surface area (Å²) in [6.07, 6.45) is 0. The zero-order valence-corrected chi connectivity index (χ0v) is 14.2. The van der Waals surface area contributed by atoms with Gasteiger partial charge in [-0.1, -0.05) is 29.3 Å². The van der Waals surface area contributed by atoms with Crippen LogP contribution in [0.25, 0.3) is 0 Å². The summed E-state index contributed by atoms with van der Waals surface area (Å²) in [5.74, 6) is -0.159. The van der Waals surface area contributed by atoms with Crippen LogP contribution in [0.3, 0.4) is 0 Å². The molecule has 0 saturated heterocycles. The van der Waals surface area contributed by atoms with E-state index in [-0.39, 0.29) is 23.0 Å². The van der Waals surface area contributed by atoms with Crippen LogP contribution in [0, 0.1) is 24.0 Å². The maximum absolute atomic E-state index is 12.1. The minimum absolute atomic E-state index is 0.105. The van der Waals surface area contributed by atoms with Crippen molar-refractivity contribution in [2.24, 2.45) is 0 Å². The molecule has 0 bridgehead atoms. The number of rotatable bonds is 5. The zero-order valence-electron chi connectivity index (χ0n) is 12.6. The lowest BCUT2D eigenvalue weighted by Gasteiger charge is -2.08. The first-order valence-corrected chi connectivity index (χ1v) is 8.17. The largest absolute Gasteiger partial charge is 0.320 e. The molecule has 0 saturated carbocycles. The lowest BCUT2D eigenvalue weighted by molar-refractivity contribution is -0.383. The van der Waals surface area contributed by atoms with Gasteiger partial charge < -0.3 is 5.32 Å². The Morgan fingerprint density at radius 2 is 2.00 bits per heavy atom. The van der Waals surface area contributed by atoms with E-state index in [0.717, 1.165) is 16.0 Å². The molecule has 0 aliphatic carbocycles. The van der Waals surface area contributed by atoms with Gasteiger partial charge in [0.25, 0.3) is 5.69 Å². The van der Waals surface area contributed by atoms with Crippen molar-refractivity contribution in [2.45, 2.75) is 18.7 Å². The fourth-order valence-electron chi connectivity index (χ4n) is 2.06. The van der Waals surface area contributed by atoms with Crippen LogP contribution in [0.4, 0.5) is 11.4 Å². The molecule has 2 aromatic rings. The first kappa shape index (κ1) is 17.3. The van der Waals surface area contributed by atoms with Crippen molar-refractivity contribution in [2.75, 3.05) is 11.1 Å². The summed E-state index contributed by atoms with van der Waals surface area (Å²) < 4.78 is 0. The number of anilines is 1. The number of amides is 1. The minimum atomic E-state index is -0.552. The average molecular weight is 351 g/mol. The van der Waals surface area contributed by atoms with E-state index in [1.807, 2.05) is 32.0 Å². The molecule has 7 heteroatoms. The number of nitrogens with one attached hydrogen (secondary N) is 1. The molecule has 0 atom stereocenters. The van der Waals surface area contributed by atoms with E-state index >= 15 is 0 Å². The topological polar surface area (TPSA) is 72.2 Å². The van der Waals surface area contributed by atoms with Crippen LogP contribution in [0.1, 0.15) is 11.1 Å². The van der Waals surface area contributed by atoms with Crippen molar-refractivity contribution in [3.8, 4) is 0 Å². The molecule has 0 aliphatic heterocycles. The Balaban J connectivity index is 2.05. The molecule has 1 N–H and O–H groups in total. The van der Waals surface area contributed by atoms with Gasteiger partial charge in [0.05, 0.1) is 10.7 Å². The highest BCUT2D eigenvalue weighted by atomic mass is 35.5. The van der Waals surface area contributed by atoms with Crippen molar-refractivity contribution < 1.29 is 9.72 Å².